The number of carbonyl (C=O) groups is 1. The lowest BCUT2D eigenvalue weighted by molar-refractivity contribution is 0.0693. The molecule has 106 valence electrons. The molecular formula is C11H13ClO5S2. The van der Waals surface area contributed by atoms with Crippen LogP contribution in [0.25, 0.3) is 0 Å². The molecule has 0 aliphatic carbocycles. The van der Waals surface area contributed by atoms with Crippen molar-refractivity contribution in [2.75, 3.05) is 24.9 Å². The predicted octanol–water partition coefficient (Wildman–Crippen LogP) is 2.18. The van der Waals surface area contributed by atoms with Gasteiger partial charge in [-0.05, 0) is 18.4 Å². The van der Waals surface area contributed by atoms with Crippen molar-refractivity contribution in [3.05, 3.63) is 22.7 Å². The van der Waals surface area contributed by atoms with E-state index in [-0.39, 0.29) is 27.0 Å². The molecule has 0 unspecified atom stereocenters. The van der Waals surface area contributed by atoms with E-state index < -0.39 is 15.8 Å². The van der Waals surface area contributed by atoms with Crippen LogP contribution >= 0.6 is 23.4 Å². The number of carboxylic acid groups (broad SMARTS) is 1. The van der Waals surface area contributed by atoms with Gasteiger partial charge in [-0.15, -0.1) is 0 Å². The van der Waals surface area contributed by atoms with Crippen LogP contribution in [0.15, 0.2) is 17.0 Å². The number of benzene rings is 1. The number of hydrogen-bond donors (Lipinski definition) is 1. The average Bonchev–Trinajstić information content (AvgIpc) is 2.35. The molecule has 1 N–H and O–H groups in total. The Morgan fingerprint density at radius 1 is 1.47 bits per heavy atom. The van der Waals surface area contributed by atoms with E-state index in [1.807, 2.05) is 0 Å². The lowest BCUT2D eigenvalue weighted by Crippen LogP contribution is -2.12. The van der Waals surface area contributed by atoms with E-state index in [0.29, 0.717) is 5.75 Å². The van der Waals surface area contributed by atoms with E-state index in [1.54, 1.807) is 6.26 Å². The highest BCUT2D eigenvalue weighted by atomic mass is 35.5. The van der Waals surface area contributed by atoms with Gasteiger partial charge in [0.2, 0.25) is 0 Å². The third kappa shape index (κ3) is 3.77. The van der Waals surface area contributed by atoms with Crippen LogP contribution in [-0.2, 0) is 9.84 Å². The first kappa shape index (κ1) is 16.1. The van der Waals surface area contributed by atoms with Gasteiger partial charge in [0, 0.05) is 10.8 Å². The van der Waals surface area contributed by atoms with Gasteiger partial charge in [0.05, 0.1) is 12.9 Å². The van der Waals surface area contributed by atoms with Crippen molar-refractivity contribution in [1.29, 1.82) is 0 Å². The zero-order valence-corrected chi connectivity index (χ0v) is 12.7. The molecule has 0 radical (unpaired) electrons. The number of halogens is 1. The Balaban J connectivity index is 3.46. The second-order valence-corrected chi connectivity index (χ2v) is 7.10. The molecule has 0 aliphatic rings. The van der Waals surface area contributed by atoms with Crippen molar-refractivity contribution in [2.24, 2.45) is 0 Å². The molecule has 0 atom stereocenters. The Kier molecular flexibility index (Phi) is 5.51. The van der Waals surface area contributed by atoms with Crippen molar-refractivity contribution in [3.63, 3.8) is 0 Å². The van der Waals surface area contributed by atoms with Crippen molar-refractivity contribution in [1.82, 2.24) is 0 Å². The number of sulfone groups is 1. The fourth-order valence-corrected chi connectivity index (χ4v) is 4.30. The fraction of sp³-hybridized carbons (Fsp3) is 0.364. The van der Waals surface area contributed by atoms with Crippen LogP contribution in [0.1, 0.15) is 10.4 Å². The van der Waals surface area contributed by atoms with Gasteiger partial charge in [-0.1, -0.05) is 11.6 Å². The average molecular weight is 325 g/mol. The Hall–Kier alpha value is -0.920. The molecule has 1 aromatic rings. The number of hydrogen-bond acceptors (Lipinski definition) is 5. The van der Waals surface area contributed by atoms with E-state index >= 15 is 0 Å². The molecule has 0 fully saturated rings. The molecule has 0 bridgehead atoms. The summed E-state index contributed by atoms with van der Waals surface area (Å²) in [6.45, 7) is 0. The number of rotatable bonds is 6. The summed E-state index contributed by atoms with van der Waals surface area (Å²) in [5, 5.41) is 9.09. The lowest BCUT2D eigenvalue weighted by Gasteiger charge is -2.12. The summed E-state index contributed by atoms with van der Waals surface area (Å²) in [6.07, 6.45) is 1.79. The Bertz CT molecular complexity index is 583. The molecule has 8 heteroatoms. The summed E-state index contributed by atoms with van der Waals surface area (Å²) in [5.74, 6) is -1.18. The molecule has 0 amide bonds. The fourth-order valence-electron chi connectivity index (χ4n) is 1.47. The van der Waals surface area contributed by atoms with Crippen LogP contribution in [0.2, 0.25) is 5.02 Å². The maximum absolute atomic E-state index is 12.2. The molecule has 0 aliphatic heterocycles. The minimum atomic E-state index is -3.64. The largest absolute Gasteiger partial charge is 0.494 e. The van der Waals surface area contributed by atoms with Gasteiger partial charge in [-0.3, -0.25) is 0 Å². The summed E-state index contributed by atoms with van der Waals surface area (Å²) in [5.41, 5.74) is -0.266. The predicted molar refractivity (Wildman–Crippen MR) is 75.4 cm³/mol. The summed E-state index contributed by atoms with van der Waals surface area (Å²) in [6, 6.07) is 2.37. The minimum absolute atomic E-state index is 0.0425. The number of aromatic carboxylic acids is 1. The third-order valence-electron chi connectivity index (χ3n) is 2.35. The smallest absolute Gasteiger partial charge is 0.339 e. The standard InChI is InChI=1S/C11H13ClO5S2/c1-17-10-8(11(13)14)5-7(12)6-9(10)19(15,16)4-3-18-2/h5-6H,3-4H2,1-2H3,(H,13,14). The zero-order valence-electron chi connectivity index (χ0n) is 10.3. The maximum atomic E-state index is 12.2. The van der Waals surface area contributed by atoms with Gasteiger partial charge in [0.1, 0.15) is 10.5 Å². The summed E-state index contributed by atoms with van der Waals surface area (Å²) >= 11 is 7.16. The normalized spacial score (nSPS) is 11.3. The minimum Gasteiger partial charge on any atom is -0.494 e. The number of thioether (sulfide) groups is 1. The quantitative estimate of drug-likeness (QED) is 0.864. The van der Waals surface area contributed by atoms with Gasteiger partial charge in [0.15, 0.2) is 15.6 Å². The lowest BCUT2D eigenvalue weighted by atomic mass is 10.2. The van der Waals surface area contributed by atoms with Gasteiger partial charge >= 0.3 is 5.97 Å². The Morgan fingerprint density at radius 3 is 2.58 bits per heavy atom. The van der Waals surface area contributed by atoms with E-state index in [0.717, 1.165) is 6.07 Å². The first-order valence-electron chi connectivity index (χ1n) is 5.16. The Labute approximate surface area is 120 Å². The SMILES string of the molecule is COc1c(C(=O)O)cc(Cl)cc1S(=O)(=O)CCSC. The van der Waals surface area contributed by atoms with E-state index in [9.17, 15) is 13.2 Å². The monoisotopic (exact) mass is 324 g/mol. The summed E-state index contributed by atoms with van der Waals surface area (Å²) in [4.78, 5) is 10.9. The molecule has 19 heavy (non-hydrogen) atoms. The Morgan fingerprint density at radius 2 is 2.11 bits per heavy atom. The highest BCUT2D eigenvalue weighted by molar-refractivity contribution is 8.00. The third-order valence-corrected chi connectivity index (χ3v) is 5.15. The maximum Gasteiger partial charge on any atom is 0.339 e. The van der Waals surface area contributed by atoms with E-state index in [4.69, 9.17) is 21.4 Å². The second kappa shape index (κ2) is 6.49. The van der Waals surface area contributed by atoms with Gasteiger partial charge in [0.25, 0.3) is 0 Å². The molecule has 1 rings (SSSR count). The van der Waals surface area contributed by atoms with Crippen molar-refractivity contribution in [2.45, 2.75) is 4.90 Å². The first-order chi connectivity index (χ1) is 8.83. The van der Waals surface area contributed by atoms with Gasteiger partial charge < -0.3 is 9.84 Å². The molecule has 0 saturated carbocycles. The van der Waals surface area contributed by atoms with Crippen LogP contribution in [-0.4, -0.2) is 44.4 Å². The number of ether oxygens (including phenoxy) is 1. The molecular weight excluding hydrogens is 312 g/mol. The molecule has 0 aromatic heterocycles. The van der Waals surface area contributed by atoms with E-state index in [1.165, 1.54) is 24.9 Å². The molecule has 0 spiro atoms. The van der Waals surface area contributed by atoms with Crippen LogP contribution in [0.5, 0.6) is 5.75 Å². The summed E-state index contributed by atoms with van der Waals surface area (Å²) in [7, 11) is -2.41. The van der Waals surface area contributed by atoms with Crippen molar-refractivity contribution in [3.8, 4) is 5.75 Å². The second-order valence-electron chi connectivity index (χ2n) is 3.60. The zero-order chi connectivity index (χ0) is 14.6. The van der Waals surface area contributed by atoms with Gasteiger partial charge in [-0.2, -0.15) is 11.8 Å². The van der Waals surface area contributed by atoms with Gasteiger partial charge in [-0.25, -0.2) is 13.2 Å². The number of methoxy groups -OCH3 is 1. The topological polar surface area (TPSA) is 80.7 Å². The molecule has 5 nitrogen and oxygen atoms in total. The van der Waals surface area contributed by atoms with Crippen LogP contribution in [0.3, 0.4) is 0 Å². The number of carboxylic acids is 1. The highest BCUT2D eigenvalue weighted by Gasteiger charge is 2.25. The molecule has 0 heterocycles. The van der Waals surface area contributed by atoms with E-state index in [2.05, 4.69) is 0 Å². The van der Waals surface area contributed by atoms with Crippen LogP contribution in [0.4, 0.5) is 0 Å². The first-order valence-corrected chi connectivity index (χ1v) is 8.58. The molecule has 0 saturated heterocycles. The van der Waals surface area contributed by atoms with Crippen molar-refractivity contribution < 1.29 is 23.1 Å². The van der Waals surface area contributed by atoms with Crippen LogP contribution < -0.4 is 4.74 Å². The summed E-state index contributed by atoms with van der Waals surface area (Å²) < 4.78 is 29.2. The molecule has 1 aromatic carbocycles. The van der Waals surface area contributed by atoms with Crippen LogP contribution in [0, 0.1) is 0 Å². The highest BCUT2D eigenvalue weighted by Crippen LogP contribution is 2.32. The van der Waals surface area contributed by atoms with Crippen molar-refractivity contribution >= 4 is 39.2 Å².